The van der Waals surface area contributed by atoms with E-state index >= 15 is 0 Å². The smallest absolute Gasteiger partial charge is 0.227 e. The fourth-order valence-corrected chi connectivity index (χ4v) is 3.05. The van der Waals surface area contributed by atoms with Gasteiger partial charge >= 0.3 is 0 Å². The van der Waals surface area contributed by atoms with Crippen molar-refractivity contribution in [3.8, 4) is 0 Å². The van der Waals surface area contributed by atoms with Crippen LogP contribution >= 0.6 is 0 Å². The summed E-state index contributed by atoms with van der Waals surface area (Å²) in [5.74, 6) is 2.03. The number of hydrogen-bond acceptors (Lipinski definition) is 8. The minimum Gasteiger partial charge on any atom is -0.394 e. The molecule has 0 radical (unpaired) electrons. The van der Waals surface area contributed by atoms with Gasteiger partial charge in [0, 0.05) is 17.8 Å². The zero-order valence-electron chi connectivity index (χ0n) is 17.3. The van der Waals surface area contributed by atoms with Crippen molar-refractivity contribution in [3.05, 3.63) is 30.3 Å². The van der Waals surface area contributed by atoms with Gasteiger partial charge in [-0.1, -0.05) is 25.1 Å². The standard InChI is InChI=1S/C20H31N7O/c1-6-15(12-28)22-20-23-18(21-16-10-8-7-9-11-16)17-19(24-20)27(14(4)5)25-26(17)13(2)3/h7-11,13-15,25,28H,6,12H2,1-5H3,(H2,21,22,23,24). The number of nitrogens with one attached hydrogen (secondary N) is 3. The van der Waals surface area contributed by atoms with Crippen molar-refractivity contribution in [2.75, 3.05) is 27.3 Å². The number of aromatic nitrogens is 2. The van der Waals surface area contributed by atoms with Crippen molar-refractivity contribution in [1.82, 2.24) is 15.5 Å². The Bertz CT molecular complexity index is 778. The summed E-state index contributed by atoms with van der Waals surface area (Å²) in [7, 11) is 0. The first-order valence-corrected chi connectivity index (χ1v) is 9.90. The molecule has 0 saturated heterocycles. The van der Waals surface area contributed by atoms with E-state index in [1.165, 1.54) is 0 Å². The van der Waals surface area contributed by atoms with Gasteiger partial charge in [0.05, 0.1) is 12.6 Å². The largest absolute Gasteiger partial charge is 0.394 e. The molecular formula is C20H31N7O. The molecule has 8 nitrogen and oxygen atoms in total. The Morgan fingerprint density at radius 2 is 1.71 bits per heavy atom. The predicted molar refractivity (Wildman–Crippen MR) is 115 cm³/mol. The number of para-hydroxylation sites is 1. The van der Waals surface area contributed by atoms with Crippen molar-refractivity contribution in [3.63, 3.8) is 0 Å². The molecule has 0 spiro atoms. The average molecular weight is 386 g/mol. The van der Waals surface area contributed by atoms with Crippen LogP contribution in [-0.4, -0.2) is 39.8 Å². The van der Waals surface area contributed by atoms with Crippen LogP contribution in [0.1, 0.15) is 41.0 Å². The molecule has 1 unspecified atom stereocenters. The molecule has 1 atom stereocenters. The van der Waals surface area contributed by atoms with Crippen molar-refractivity contribution >= 4 is 29.0 Å². The number of rotatable bonds is 8. The van der Waals surface area contributed by atoms with E-state index in [2.05, 4.69) is 48.9 Å². The van der Waals surface area contributed by atoms with Gasteiger partial charge in [0.2, 0.25) is 5.95 Å². The van der Waals surface area contributed by atoms with E-state index in [1.807, 2.05) is 42.3 Å². The summed E-state index contributed by atoms with van der Waals surface area (Å²) in [5.41, 5.74) is 5.30. The molecule has 0 amide bonds. The summed E-state index contributed by atoms with van der Waals surface area (Å²) in [4.78, 5) is 9.52. The molecule has 0 fully saturated rings. The van der Waals surface area contributed by atoms with Crippen molar-refractivity contribution in [2.24, 2.45) is 0 Å². The van der Waals surface area contributed by atoms with Crippen LogP contribution in [0.25, 0.3) is 0 Å². The number of aliphatic hydroxyl groups is 1. The third-order valence-corrected chi connectivity index (χ3v) is 4.67. The van der Waals surface area contributed by atoms with Gasteiger partial charge in [-0.05, 0) is 46.2 Å². The molecule has 28 heavy (non-hydrogen) atoms. The van der Waals surface area contributed by atoms with Crippen LogP contribution in [0.5, 0.6) is 0 Å². The molecular weight excluding hydrogens is 354 g/mol. The van der Waals surface area contributed by atoms with E-state index in [0.717, 1.165) is 29.4 Å². The van der Waals surface area contributed by atoms with Crippen molar-refractivity contribution < 1.29 is 5.11 Å². The van der Waals surface area contributed by atoms with Gasteiger partial charge in [-0.25, -0.2) is 0 Å². The van der Waals surface area contributed by atoms with E-state index in [-0.39, 0.29) is 24.7 Å². The summed E-state index contributed by atoms with van der Waals surface area (Å²) in [5, 5.41) is 20.4. The normalized spacial score (nSPS) is 14.6. The Kier molecular flexibility index (Phi) is 6.21. The topological polar surface area (TPSA) is 88.6 Å². The zero-order chi connectivity index (χ0) is 20.3. The highest BCUT2D eigenvalue weighted by atomic mass is 16.3. The second-order valence-electron chi connectivity index (χ2n) is 7.52. The van der Waals surface area contributed by atoms with Crippen LogP contribution in [0, 0.1) is 0 Å². The van der Waals surface area contributed by atoms with Crippen molar-refractivity contribution in [2.45, 2.75) is 59.2 Å². The lowest BCUT2D eigenvalue weighted by atomic mass is 10.2. The van der Waals surface area contributed by atoms with Gasteiger partial charge < -0.3 is 15.7 Å². The Labute approximate surface area is 166 Å². The number of hydrogen-bond donors (Lipinski definition) is 4. The number of aliphatic hydroxyl groups excluding tert-OH is 1. The molecule has 0 saturated carbocycles. The first-order valence-electron chi connectivity index (χ1n) is 9.90. The number of nitrogens with zero attached hydrogens (tertiary/aromatic N) is 4. The number of hydrazine groups is 2. The lowest BCUT2D eigenvalue weighted by Gasteiger charge is -2.27. The molecule has 1 aromatic carbocycles. The highest BCUT2D eigenvalue weighted by Crippen LogP contribution is 2.41. The summed E-state index contributed by atoms with van der Waals surface area (Å²) < 4.78 is 0. The minimum atomic E-state index is -0.0920. The molecule has 152 valence electrons. The summed E-state index contributed by atoms with van der Waals surface area (Å²) in [6, 6.07) is 10.3. The number of fused-ring (bicyclic) bond motifs is 1. The highest BCUT2D eigenvalue weighted by Gasteiger charge is 2.35. The highest BCUT2D eigenvalue weighted by molar-refractivity contribution is 5.85. The zero-order valence-corrected chi connectivity index (χ0v) is 17.3. The average Bonchev–Trinajstić information content (AvgIpc) is 3.07. The van der Waals surface area contributed by atoms with Gasteiger partial charge in [0.15, 0.2) is 11.6 Å². The lowest BCUT2D eigenvalue weighted by Crippen LogP contribution is -2.50. The van der Waals surface area contributed by atoms with Crippen LogP contribution in [0.4, 0.5) is 29.0 Å². The third-order valence-electron chi connectivity index (χ3n) is 4.67. The first-order chi connectivity index (χ1) is 13.4. The molecule has 2 aromatic rings. The number of benzene rings is 1. The molecule has 3 rings (SSSR count). The van der Waals surface area contributed by atoms with Crippen LogP contribution in [0.2, 0.25) is 0 Å². The predicted octanol–water partition coefficient (Wildman–Crippen LogP) is 3.27. The molecule has 4 N–H and O–H groups in total. The quantitative estimate of drug-likeness (QED) is 0.551. The van der Waals surface area contributed by atoms with E-state index in [1.54, 1.807) is 0 Å². The molecule has 1 aromatic heterocycles. The van der Waals surface area contributed by atoms with E-state index in [9.17, 15) is 5.11 Å². The van der Waals surface area contributed by atoms with E-state index in [0.29, 0.717) is 5.95 Å². The maximum atomic E-state index is 9.58. The maximum absolute atomic E-state index is 9.58. The van der Waals surface area contributed by atoms with E-state index < -0.39 is 0 Å². The van der Waals surface area contributed by atoms with Crippen LogP contribution in [-0.2, 0) is 0 Å². The van der Waals surface area contributed by atoms with Gasteiger partial charge in [0.1, 0.15) is 5.69 Å². The van der Waals surface area contributed by atoms with Gasteiger partial charge in [0.25, 0.3) is 0 Å². The lowest BCUT2D eigenvalue weighted by molar-refractivity contribution is 0.271. The molecule has 0 bridgehead atoms. The Morgan fingerprint density at radius 3 is 2.29 bits per heavy atom. The fraction of sp³-hybridized carbons (Fsp3) is 0.500. The van der Waals surface area contributed by atoms with Crippen LogP contribution in [0.3, 0.4) is 0 Å². The maximum Gasteiger partial charge on any atom is 0.227 e. The molecule has 1 aliphatic heterocycles. The van der Waals surface area contributed by atoms with Crippen LogP contribution < -0.4 is 26.2 Å². The third kappa shape index (κ3) is 4.13. The SMILES string of the molecule is CCC(CO)Nc1nc(Nc2ccccc2)c2c(n1)N(C(C)C)NN2C(C)C. The summed E-state index contributed by atoms with van der Waals surface area (Å²) in [6.07, 6.45) is 0.780. The van der Waals surface area contributed by atoms with Gasteiger partial charge in [-0.2, -0.15) is 9.97 Å². The van der Waals surface area contributed by atoms with E-state index in [4.69, 9.17) is 9.97 Å². The van der Waals surface area contributed by atoms with Gasteiger partial charge in [-0.3, -0.25) is 10.0 Å². The van der Waals surface area contributed by atoms with Crippen molar-refractivity contribution in [1.29, 1.82) is 0 Å². The Hall–Kier alpha value is -2.58. The molecule has 8 heteroatoms. The first kappa shape index (κ1) is 20.2. The summed E-state index contributed by atoms with van der Waals surface area (Å²) in [6.45, 7) is 10.5. The van der Waals surface area contributed by atoms with Gasteiger partial charge in [-0.15, -0.1) is 5.53 Å². The molecule has 1 aliphatic rings. The number of anilines is 5. The molecule has 0 aliphatic carbocycles. The second-order valence-corrected chi connectivity index (χ2v) is 7.52. The Morgan fingerprint density at radius 1 is 1.04 bits per heavy atom. The Balaban J connectivity index is 2.09. The summed E-state index contributed by atoms with van der Waals surface area (Å²) >= 11 is 0. The minimum absolute atomic E-state index is 0.0304. The van der Waals surface area contributed by atoms with Crippen LogP contribution in [0.15, 0.2) is 30.3 Å². The molecule has 2 heterocycles. The fourth-order valence-electron chi connectivity index (χ4n) is 3.05. The second kappa shape index (κ2) is 8.62. The monoisotopic (exact) mass is 385 g/mol.